The average Bonchev–Trinajstić information content (AvgIpc) is 2.52. The highest BCUT2D eigenvalue weighted by molar-refractivity contribution is 5.73. The number of carboxylic acid groups (broad SMARTS) is 1. The van der Waals surface area contributed by atoms with Crippen LogP contribution in [0, 0.1) is 11.3 Å². The molecule has 1 unspecified atom stereocenters. The Bertz CT molecular complexity index is 325. The van der Waals surface area contributed by atoms with Gasteiger partial charge in [0.15, 0.2) is 6.61 Å². The second-order valence-electron chi connectivity index (χ2n) is 6.07. The van der Waals surface area contributed by atoms with Gasteiger partial charge in [0.05, 0.1) is 0 Å². The maximum absolute atomic E-state index is 11.8. The minimum atomic E-state index is -1.11. The van der Waals surface area contributed by atoms with Gasteiger partial charge in [0.1, 0.15) is 0 Å². The molecule has 1 atom stereocenters. The van der Waals surface area contributed by atoms with Gasteiger partial charge in [-0.2, -0.15) is 0 Å². The van der Waals surface area contributed by atoms with Crippen LogP contribution in [-0.2, 0) is 9.63 Å². The number of nitrogens with one attached hydrogen (secondary N) is 1. The number of amides is 2. The Morgan fingerprint density at radius 1 is 1.32 bits per heavy atom. The van der Waals surface area contributed by atoms with E-state index in [1.165, 1.54) is 0 Å². The lowest BCUT2D eigenvalue weighted by Gasteiger charge is -2.29. The molecule has 1 heterocycles. The Morgan fingerprint density at radius 3 is 2.58 bits per heavy atom. The van der Waals surface area contributed by atoms with Gasteiger partial charge < -0.3 is 10.0 Å². The summed E-state index contributed by atoms with van der Waals surface area (Å²) in [5.74, 6) is -0.505. The smallest absolute Gasteiger partial charge is 0.341 e. The number of hydroxylamine groups is 1. The van der Waals surface area contributed by atoms with Crippen LogP contribution in [0.2, 0.25) is 0 Å². The predicted molar refractivity (Wildman–Crippen MR) is 70.5 cm³/mol. The van der Waals surface area contributed by atoms with E-state index < -0.39 is 12.6 Å². The molecular formula is C13H24N2O4. The van der Waals surface area contributed by atoms with Gasteiger partial charge in [-0.15, -0.1) is 0 Å². The zero-order chi connectivity index (χ0) is 14.5. The van der Waals surface area contributed by atoms with E-state index in [9.17, 15) is 9.59 Å². The van der Waals surface area contributed by atoms with Crippen molar-refractivity contribution in [3.05, 3.63) is 0 Å². The highest BCUT2D eigenvalue weighted by atomic mass is 16.7. The van der Waals surface area contributed by atoms with E-state index in [1.807, 2.05) is 0 Å². The largest absolute Gasteiger partial charge is 0.479 e. The number of nitrogens with zero attached hydrogens (tertiary/aromatic N) is 1. The van der Waals surface area contributed by atoms with Crippen LogP contribution in [0.3, 0.4) is 0 Å². The van der Waals surface area contributed by atoms with Crippen molar-refractivity contribution in [2.75, 3.05) is 19.7 Å². The molecule has 1 aliphatic heterocycles. The third-order valence-electron chi connectivity index (χ3n) is 3.60. The van der Waals surface area contributed by atoms with E-state index >= 15 is 0 Å². The predicted octanol–water partition coefficient (Wildman–Crippen LogP) is 1.86. The molecule has 1 saturated heterocycles. The second kappa shape index (κ2) is 6.75. The Balaban J connectivity index is 2.39. The number of hydrogen-bond donors (Lipinski definition) is 2. The summed E-state index contributed by atoms with van der Waals surface area (Å²) < 4.78 is 0. The fourth-order valence-corrected chi connectivity index (χ4v) is 2.39. The van der Waals surface area contributed by atoms with Crippen LogP contribution in [0.25, 0.3) is 0 Å². The van der Waals surface area contributed by atoms with Gasteiger partial charge in [0.2, 0.25) is 0 Å². The van der Waals surface area contributed by atoms with Gasteiger partial charge in [-0.05, 0) is 30.6 Å². The van der Waals surface area contributed by atoms with Crippen LogP contribution >= 0.6 is 0 Å². The van der Waals surface area contributed by atoms with E-state index in [4.69, 9.17) is 5.11 Å². The summed E-state index contributed by atoms with van der Waals surface area (Å²) in [6.45, 7) is 7.53. The first-order valence-electron chi connectivity index (χ1n) is 6.69. The quantitative estimate of drug-likeness (QED) is 0.769. The monoisotopic (exact) mass is 272 g/mol. The molecule has 0 spiro atoms. The minimum Gasteiger partial charge on any atom is -0.479 e. The van der Waals surface area contributed by atoms with Gasteiger partial charge in [-0.1, -0.05) is 20.8 Å². The SMILES string of the molecule is CC(C)(C)C1CCCN(C(=O)NOCC(=O)O)CC1. The molecule has 110 valence electrons. The normalized spacial score (nSPS) is 20.8. The first-order chi connectivity index (χ1) is 8.80. The molecule has 2 N–H and O–H groups in total. The van der Waals surface area contributed by atoms with Crippen LogP contribution in [0.4, 0.5) is 4.79 Å². The molecule has 0 radical (unpaired) electrons. The number of carbonyl (C=O) groups excluding carboxylic acids is 1. The summed E-state index contributed by atoms with van der Waals surface area (Å²) >= 11 is 0. The fourth-order valence-electron chi connectivity index (χ4n) is 2.39. The van der Waals surface area contributed by atoms with E-state index in [1.54, 1.807) is 4.90 Å². The number of carboxylic acids is 1. The lowest BCUT2D eigenvalue weighted by molar-refractivity contribution is -0.144. The van der Waals surface area contributed by atoms with Crippen LogP contribution in [0.5, 0.6) is 0 Å². The Morgan fingerprint density at radius 2 is 2.00 bits per heavy atom. The number of aliphatic carboxylic acids is 1. The molecule has 0 aromatic carbocycles. The zero-order valence-electron chi connectivity index (χ0n) is 11.9. The number of urea groups is 1. The second-order valence-corrected chi connectivity index (χ2v) is 6.07. The van der Waals surface area contributed by atoms with Crippen molar-refractivity contribution in [3.8, 4) is 0 Å². The molecule has 2 amide bonds. The average molecular weight is 272 g/mol. The summed E-state index contributed by atoms with van der Waals surface area (Å²) in [4.78, 5) is 28.4. The molecule has 0 aromatic rings. The molecule has 1 rings (SSSR count). The van der Waals surface area contributed by atoms with Crippen LogP contribution in [-0.4, -0.2) is 41.7 Å². The summed E-state index contributed by atoms with van der Waals surface area (Å²) in [6, 6.07) is -0.351. The summed E-state index contributed by atoms with van der Waals surface area (Å²) in [5, 5.41) is 8.42. The molecule has 6 nitrogen and oxygen atoms in total. The van der Waals surface area contributed by atoms with Gasteiger partial charge in [-0.25, -0.2) is 15.1 Å². The number of hydrogen-bond acceptors (Lipinski definition) is 3. The van der Waals surface area contributed by atoms with Crippen LogP contribution < -0.4 is 5.48 Å². The fraction of sp³-hybridized carbons (Fsp3) is 0.846. The topological polar surface area (TPSA) is 78.9 Å². The number of rotatable bonds is 3. The summed E-state index contributed by atoms with van der Waals surface area (Å²) in [6.07, 6.45) is 3.05. The van der Waals surface area contributed by atoms with Crippen molar-refractivity contribution in [1.82, 2.24) is 10.4 Å². The molecule has 0 saturated carbocycles. The van der Waals surface area contributed by atoms with Crippen molar-refractivity contribution in [1.29, 1.82) is 0 Å². The Hall–Kier alpha value is -1.30. The highest BCUT2D eigenvalue weighted by Crippen LogP contribution is 2.34. The minimum absolute atomic E-state index is 0.256. The van der Waals surface area contributed by atoms with Crippen LogP contribution in [0.1, 0.15) is 40.0 Å². The Labute approximate surface area is 114 Å². The lowest BCUT2D eigenvalue weighted by Crippen LogP contribution is -2.41. The first-order valence-corrected chi connectivity index (χ1v) is 6.69. The van der Waals surface area contributed by atoms with E-state index in [0.717, 1.165) is 19.3 Å². The van der Waals surface area contributed by atoms with E-state index in [-0.39, 0.29) is 11.4 Å². The molecule has 19 heavy (non-hydrogen) atoms. The molecule has 1 aliphatic rings. The molecule has 0 aromatic heterocycles. The maximum Gasteiger partial charge on any atom is 0.341 e. The van der Waals surface area contributed by atoms with Crippen molar-refractivity contribution in [2.24, 2.45) is 11.3 Å². The van der Waals surface area contributed by atoms with Gasteiger partial charge in [0.25, 0.3) is 0 Å². The first kappa shape index (κ1) is 15.8. The van der Waals surface area contributed by atoms with Crippen molar-refractivity contribution >= 4 is 12.0 Å². The zero-order valence-corrected chi connectivity index (χ0v) is 11.9. The summed E-state index contributed by atoms with van der Waals surface area (Å²) in [7, 11) is 0. The third kappa shape index (κ3) is 5.46. The third-order valence-corrected chi connectivity index (χ3v) is 3.60. The lowest BCUT2D eigenvalue weighted by atomic mass is 9.77. The summed E-state index contributed by atoms with van der Waals surface area (Å²) in [5.41, 5.74) is 2.43. The van der Waals surface area contributed by atoms with E-state index in [2.05, 4.69) is 31.1 Å². The van der Waals surface area contributed by atoms with Crippen LogP contribution in [0.15, 0.2) is 0 Å². The number of likely N-dealkylation sites (tertiary alicyclic amines) is 1. The molecule has 6 heteroatoms. The van der Waals surface area contributed by atoms with Gasteiger partial charge in [-0.3, -0.25) is 4.84 Å². The molecule has 1 fully saturated rings. The van der Waals surface area contributed by atoms with Gasteiger partial charge >= 0.3 is 12.0 Å². The number of carbonyl (C=O) groups is 2. The molecule has 0 aliphatic carbocycles. The Kier molecular flexibility index (Phi) is 5.60. The van der Waals surface area contributed by atoms with Crippen molar-refractivity contribution in [3.63, 3.8) is 0 Å². The maximum atomic E-state index is 11.8. The standard InChI is InChI=1S/C13H24N2O4/c1-13(2,3)10-5-4-7-15(8-6-10)12(18)14-19-9-11(16)17/h10H,4-9H2,1-3H3,(H,14,18)(H,16,17). The highest BCUT2D eigenvalue weighted by Gasteiger charge is 2.28. The molecule has 0 bridgehead atoms. The van der Waals surface area contributed by atoms with Crippen molar-refractivity contribution < 1.29 is 19.5 Å². The van der Waals surface area contributed by atoms with Crippen molar-refractivity contribution in [2.45, 2.75) is 40.0 Å². The van der Waals surface area contributed by atoms with E-state index in [0.29, 0.717) is 19.0 Å². The van der Waals surface area contributed by atoms with Gasteiger partial charge in [0, 0.05) is 13.1 Å². The molecular weight excluding hydrogens is 248 g/mol.